The van der Waals surface area contributed by atoms with Crippen molar-refractivity contribution in [1.29, 1.82) is 4.78 Å². The highest BCUT2D eigenvalue weighted by Gasteiger charge is 1.72. The second-order valence-corrected chi connectivity index (χ2v) is 2.71. The molecule has 0 fully saturated rings. The van der Waals surface area contributed by atoms with Gasteiger partial charge in [0.15, 0.2) is 0 Å². The van der Waals surface area contributed by atoms with E-state index < -0.39 is 9.92 Å². The summed E-state index contributed by atoms with van der Waals surface area (Å²) in [5.74, 6) is 0. The van der Waals surface area contributed by atoms with Gasteiger partial charge in [0.2, 0.25) is 0 Å². The summed E-state index contributed by atoms with van der Waals surface area (Å²) in [6.45, 7) is 0. The molecule has 0 aliphatic heterocycles. The number of rotatable bonds is 0. The molecule has 0 saturated carbocycles. The molecule has 0 aliphatic rings. The smallest absolute Gasteiger partial charge is 0.0992 e. The van der Waals surface area contributed by atoms with E-state index in [4.69, 9.17) is 4.78 Å². The average Bonchev–Trinajstić information content (AvgIpc) is 0.722. The van der Waals surface area contributed by atoms with Gasteiger partial charge >= 0.3 is 0 Å². The van der Waals surface area contributed by atoms with Gasteiger partial charge in [0, 0.05) is 6.26 Å². The van der Waals surface area contributed by atoms with Crippen LogP contribution in [0.1, 0.15) is 0 Å². The van der Waals surface area contributed by atoms with Crippen molar-refractivity contribution in [1.82, 2.24) is 0 Å². The molecular weight excluding hydrogens is 124 g/mol. The minimum Gasteiger partial charge on any atom is -0.245 e. The Bertz CT molecular complexity index is 96.7. The molecule has 0 aromatic carbocycles. The molecule has 0 aliphatic carbocycles. The molecule has 0 spiro atoms. The third-order valence-corrected chi connectivity index (χ3v) is 0. The summed E-state index contributed by atoms with van der Waals surface area (Å²) in [6, 6.07) is 0. The van der Waals surface area contributed by atoms with Crippen LogP contribution in [0.4, 0.5) is 0 Å². The number of hydrogen-bond donors (Lipinski definition) is 2. The summed E-state index contributed by atoms with van der Waals surface area (Å²) in [5, 5.41) is 4.55. The summed E-state index contributed by atoms with van der Waals surface area (Å²) >= 11 is 0. The maximum Gasteiger partial charge on any atom is 0.0992 e. The van der Waals surface area contributed by atoms with Crippen LogP contribution in [-0.4, -0.2) is 10.5 Å². The predicted octanol–water partition coefficient (Wildman–Crippen LogP) is -0.0415. The molecule has 40 valence electrons. The molecule has 3 N–H and O–H groups in total. The summed E-state index contributed by atoms with van der Waals surface area (Å²) in [7, 11) is -2.67. The normalized spacial score (nSPS) is 17.7. The number of halogens is 1. The summed E-state index contributed by atoms with van der Waals surface area (Å²) in [6.07, 6.45) is 1.16. The topological polar surface area (TPSA) is 66.9 Å². The third-order valence-electron chi connectivity index (χ3n) is 0. The predicted molar refractivity (Wildman–Crippen MR) is 28.2 cm³/mol. The highest BCUT2D eigenvalue weighted by atomic mass is 35.5. The first-order chi connectivity index (χ1) is 2.00. The molecule has 0 heterocycles. The zero-order chi connectivity index (χ0) is 4.50. The highest BCUT2D eigenvalue weighted by Crippen LogP contribution is 1.56. The first-order valence-electron chi connectivity index (χ1n) is 1.01. The van der Waals surface area contributed by atoms with Crippen molar-refractivity contribution in [3.05, 3.63) is 0 Å². The molecule has 1 unspecified atom stereocenters. The summed E-state index contributed by atoms with van der Waals surface area (Å²) in [4.78, 5) is 0. The van der Waals surface area contributed by atoms with Gasteiger partial charge in [-0.05, 0) is 0 Å². The minimum atomic E-state index is -2.67. The van der Waals surface area contributed by atoms with Crippen LogP contribution in [0, 0.1) is 4.78 Å². The maximum absolute atomic E-state index is 9.63. The Hall–Kier alpha value is 0.200. The Morgan fingerprint density at radius 2 is 1.83 bits per heavy atom. The molecule has 5 heteroatoms. The van der Waals surface area contributed by atoms with Crippen LogP contribution in [0.15, 0.2) is 0 Å². The van der Waals surface area contributed by atoms with E-state index >= 15 is 0 Å². The van der Waals surface area contributed by atoms with Crippen LogP contribution in [0.3, 0.4) is 0 Å². The van der Waals surface area contributed by atoms with Gasteiger partial charge in [-0.15, -0.1) is 12.4 Å². The number of nitrogens with one attached hydrogen (secondary N) is 1. The number of hydrogen-bond acceptors (Lipinski definition) is 2. The van der Waals surface area contributed by atoms with Crippen molar-refractivity contribution in [3.8, 4) is 0 Å². The fraction of sp³-hybridized carbons (Fsp3) is 1.00. The van der Waals surface area contributed by atoms with E-state index in [9.17, 15) is 4.21 Å². The van der Waals surface area contributed by atoms with E-state index in [1.165, 1.54) is 0 Å². The molecule has 0 aromatic rings. The lowest BCUT2D eigenvalue weighted by atomic mass is 12.0. The van der Waals surface area contributed by atoms with Gasteiger partial charge in [-0.2, -0.15) is 0 Å². The highest BCUT2D eigenvalue weighted by molar-refractivity contribution is 7.89. The van der Waals surface area contributed by atoms with E-state index in [1.54, 1.807) is 0 Å². The fourth-order valence-electron chi connectivity index (χ4n) is 0. The van der Waals surface area contributed by atoms with Gasteiger partial charge in [0.25, 0.3) is 0 Å². The van der Waals surface area contributed by atoms with Gasteiger partial charge in [-0.25, -0.2) is 14.1 Å². The van der Waals surface area contributed by atoms with Crippen molar-refractivity contribution in [3.63, 3.8) is 0 Å². The van der Waals surface area contributed by atoms with Gasteiger partial charge in [-0.1, -0.05) is 0 Å². The van der Waals surface area contributed by atoms with Crippen molar-refractivity contribution >= 4 is 22.3 Å². The van der Waals surface area contributed by atoms with Crippen LogP contribution in [0.5, 0.6) is 0 Å². The largest absolute Gasteiger partial charge is 0.245 e. The monoisotopic (exact) mass is 130 g/mol. The number of nitrogens with two attached hydrogens (primary N) is 1. The van der Waals surface area contributed by atoms with Crippen molar-refractivity contribution in [2.75, 3.05) is 6.26 Å². The molecule has 0 amide bonds. The van der Waals surface area contributed by atoms with E-state index in [1.807, 2.05) is 0 Å². The standard InChI is InChI=1S/CH6N2OS.ClH/c1-5(2,3)4;/h1H3,(H3,2,3,4);1H. The Morgan fingerprint density at radius 3 is 1.83 bits per heavy atom. The molecule has 0 radical (unpaired) electrons. The molecule has 0 bridgehead atoms. The molecular formula is CH7ClN2OS. The van der Waals surface area contributed by atoms with E-state index in [2.05, 4.69) is 5.14 Å². The lowest BCUT2D eigenvalue weighted by Crippen LogP contribution is -2.04. The van der Waals surface area contributed by atoms with E-state index in [0.29, 0.717) is 0 Å². The lowest BCUT2D eigenvalue weighted by Gasteiger charge is -1.77. The lowest BCUT2D eigenvalue weighted by molar-refractivity contribution is 0.680. The Labute approximate surface area is 43.4 Å². The zero-order valence-electron chi connectivity index (χ0n) is 3.30. The first-order valence-corrected chi connectivity index (χ1v) is 3.04. The van der Waals surface area contributed by atoms with Gasteiger partial charge < -0.3 is 0 Å². The SMILES string of the molecule is CS(=N)(N)=O.Cl. The van der Waals surface area contributed by atoms with Crippen molar-refractivity contribution in [2.24, 2.45) is 5.14 Å². The van der Waals surface area contributed by atoms with E-state index in [0.717, 1.165) is 6.26 Å². The second-order valence-electron chi connectivity index (χ2n) is 0.904. The molecule has 6 heavy (non-hydrogen) atoms. The molecule has 1 atom stereocenters. The summed E-state index contributed by atoms with van der Waals surface area (Å²) < 4.78 is 15.9. The quantitative estimate of drug-likeness (QED) is 0.475. The molecule has 0 saturated heterocycles. The Balaban J connectivity index is 0. The van der Waals surface area contributed by atoms with Crippen LogP contribution < -0.4 is 5.14 Å². The second kappa shape index (κ2) is 2.39. The van der Waals surface area contributed by atoms with Crippen LogP contribution in [-0.2, 0) is 9.92 Å². The molecule has 3 nitrogen and oxygen atoms in total. The Kier molecular flexibility index (Phi) is 3.78. The third kappa shape index (κ3) is 1080. The molecule has 0 aromatic heterocycles. The summed E-state index contributed by atoms with van der Waals surface area (Å²) in [5.41, 5.74) is 0. The first kappa shape index (κ1) is 9.50. The van der Waals surface area contributed by atoms with E-state index in [-0.39, 0.29) is 12.4 Å². The maximum atomic E-state index is 9.63. The van der Waals surface area contributed by atoms with Gasteiger partial charge in [-0.3, -0.25) is 0 Å². The minimum absolute atomic E-state index is 0. The zero-order valence-corrected chi connectivity index (χ0v) is 4.94. The van der Waals surface area contributed by atoms with Gasteiger partial charge in [0.05, 0.1) is 9.92 Å². The van der Waals surface area contributed by atoms with Crippen molar-refractivity contribution < 1.29 is 4.21 Å². The van der Waals surface area contributed by atoms with Crippen LogP contribution in [0.25, 0.3) is 0 Å². The van der Waals surface area contributed by atoms with Crippen molar-refractivity contribution in [2.45, 2.75) is 0 Å². The fourth-order valence-corrected chi connectivity index (χ4v) is 0. The van der Waals surface area contributed by atoms with Gasteiger partial charge in [0.1, 0.15) is 0 Å². The van der Waals surface area contributed by atoms with Crippen LogP contribution in [0.2, 0.25) is 0 Å². The average molecular weight is 131 g/mol. The molecule has 0 rings (SSSR count). The Morgan fingerprint density at radius 1 is 1.83 bits per heavy atom. The van der Waals surface area contributed by atoms with Crippen LogP contribution >= 0.6 is 12.4 Å².